The third-order valence-electron chi connectivity index (χ3n) is 3.68. The molecule has 0 aliphatic heterocycles. The number of esters is 2. The molecule has 0 aliphatic carbocycles. The molecule has 28 heavy (non-hydrogen) atoms. The number of benzene rings is 1. The van der Waals surface area contributed by atoms with Crippen LogP contribution in [0.25, 0.3) is 0 Å². The van der Waals surface area contributed by atoms with E-state index < -0.39 is 11.9 Å². The van der Waals surface area contributed by atoms with Gasteiger partial charge in [0.25, 0.3) is 0 Å². The van der Waals surface area contributed by atoms with Crippen molar-refractivity contribution in [3.8, 4) is 0 Å². The van der Waals surface area contributed by atoms with E-state index in [1.54, 1.807) is 32.9 Å². The average Bonchev–Trinajstić information content (AvgIpc) is 2.97. The fraction of sp³-hybridized carbons (Fsp3) is 0.316. The second-order valence-corrected chi connectivity index (χ2v) is 7.50. The Balaban J connectivity index is 2.18. The molecule has 0 fully saturated rings. The fourth-order valence-electron chi connectivity index (χ4n) is 2.37. The number of anilines is 1. The third-order valence-corrected chi connectivity index (χ3v) is 5.37. The summed E-state index contributed by atoms with van der Waals surface area (Å²) in [5, 5.41) is 7.47. The lowest BCUT2D eigenvalue weighted by Gasteiger charge is -2.11. The van der Waals surface area contributed by atoms with Gasteiger partial charge in [-0.3, -0.25) is 0 Å². The van der Waals surface area contributed by atoms with Crippen LogP contribution in [0.3, 0.4) is 0 Å². The molecule has 1 aromatic carbocycles. The van der Waals surface area contributed by atoms with Crippen LogP contribution in [-0.2, 0) is 16.0 Å². The molecule has 1 heterocycles. The lowest BCUT2D eigenvalue weighted by molar-refractivity contribution is 0.0527. The van der Waals surface area contributed by atoms with Crippen LogP contribution in [0.4, 0.5) is 5.00 Å². The van der Waals surface area contributed by atoms with Crippen LogP contribution in [0, 0.1) is 6.92 Å². The fourth-order valence-corrected chi connectivity index (χ4v) is 3.83. The first kappa shape index (κ1) is 22.1. The maximum atomic E-state index is 12.4. The molecule has 9 heteroatoms. The van der Waals surface area contributed by atoms with Gasteiger partial charge in [-0.25, -0.2) is 9.59 Å². The Kier molecular flexibility index (Phi) is 8.22. The van der Waals surface area contributed by atoms with E-state index in [1.807, 2.05) is 12.1 Å². The molecule has 0 radical (unpaired) electrons. The minimum Gasteiger partial charge on any atom is -0.462 e. The Morgan fingerprint density at radius 3 is 2.32 bits per heavy atom. The maximum absolute atomic E-state index is 12.4. The largest absolute Gasteiger partial charge is 0.462 e. The van der Waals surface area contributed by atoms with Gasteiger partial charge in [0.05, 0.1) is 18.8 Å². The van der Waals surface area contributed by atoms with Gasteiger partial charge in [0.1, 0.15) is 9.88 Å². The summed E-state index contributed by atoms with van der Waals surface area (Å²) in [6, 6.07) is 7.36. The minimum absolute atomic E-state index is 0.224. The normalized spacial score (nSPS) is 10.3. The van der Waals surface area contributed by atoms with Gasteiger partial charge in [-0.2, -0.15) is 0 Å². The van der Waals surface area contributed by atoms with Crippen LogP contribution in [0.2, 0.25) is 5.02 Å². The van der Waals surface area contributed by atoms with Gasteiger partial charge < -0.3 is 20.1 Å². The van der Waals surface area contributed by atoms with Gasteiger partial charge in [0.2, 0.25) is 0 Å². The molecule has 2 N–H and O–H groups in total. The highest BCUT2D eigenvalue weighted by atomic mass is 35.5. The average molecular weight is 441 g/mol. The Bertz CT molecular complexity index is 866. The zero-order valence-electron chi connectivity index (χ0n) is 15.8. The number of ether oxygens (including phenoxy) is 2. The monoisotopic (exact) mass is 440 g/mol. The molecule has 2 aromatic rings. The summed E-state index contributed by atoms with van der Waals surface area (Å²) < 4.78 is 10.2. The molecular formula is C19H21ClN2O4S2. The van der Waals surface area contributed by atoms with Gasteiger partial charge in [-0.05, 0) is 56.2 Å². The molecule has 0 amide bonds. The van der Waals surface area contributed by atoms with Crippen molar-refractivity contribution < 1.29 is 19.1 Å². The maximum Gasteiger partial charge on any atom is 0.348 e. The molecular weight excluding hydrogens is 420 g/mol. The van der Waals surface area contributed by atoms with E-state index in [2.05, 4.69) is 10.6 Å². The Labute approximate surface area is 178 Å². The van der Waals surface area contributed by atoms with E-state index in [9.17, 15) is 9.59 Å². The van der Waals surface area contributed by atoms with Crippen molar-refractivity contribution >= 4 is 57.2 Å². The smallest absolute Gasteiger partial charge is 0.348 e. The summed E-state index contributed by atoms with van der Waals surface area (Å²) in [5.74, 6) is -1.00. The van der Waals surface area contributed by atoms with Gasteiger partial charge in [-0.1, -0.05) is 23.7 Å². The van der Waals surface area contributed by atoms with Crippen LogP contribution in [0.15, 0.2) is 24.3 Å². The van der Waals surface area contributed by atoms with Crippen molar-refractivity contribution in [3.63, 3.8) is 0 Å². The Morgan fingerprint density at radius 2 is 1.71 bits per heavy atom. The van der Waals surface area contributed by atoms with Gasteiger partial charge >= 0.3 is 11.9 Å². The zero-order valence-corrected chi connectivity index (χ0v) is 18.1. The van der Waals surface area contributed by atoms with Crippen LogP contribution in [-0.4, -0.2) is 30.3 Å². The zero-order chi connectivity index (χ0) is 20.7. The summed E-state index contributed by atoms with van der Waals surface area (Å²) in [4.78, 5) is 24.9. The van der Waals surface area contributed by atoms with E-state index in [0.29, 0.717) is 32.1 Å². The molecule has 2 rings (SSSR count). The van der Waals surface area contributed by atoms with Crippen LogP contribution >= 0.6 is 35.2 Å². The van der Waals surface area contributed by atoms with E-state index in [0.717, 1.165) is 16.9 Å². The topological polar surface area (TPSA) is 76.7 Å². The first-order chi connectivity index (χ1) is 13.4. The van der Waals surface area contributed by atoms with E-state index in [4.69, 9.17) is 33.3 Å². The second kappa shape index (κ2) is 10.4. The standard InChI is InChI=1S/C19H21ClN2O4S2/c1-4-25-17(23)14-11(3)15(18(24)26-5-2)28-16(14)22-19(27)21-10-12-6-8-13(20)9-7-12/h6-9H,4-5,10H2,1-3H3,(H2,21,22,27). The summed E-state index contributed by atoms with van der Waals surface area (Å²) in [5.41, 5.74) is 1.78. The number of halogens is 1. The van der Waals surface area contributed by atoms with Crippen molar-refractivity contribution in [1.82, 2.24) is 5.32 Å². The van der Waals surface area contributed by atoms with Crippen LogP contribution in [0.5, 0.6) is 0 Å². The first-order valence-electron chi connectivity index (χ1n) is 8.64. The summed E-state index contributed by atoms with van der Waals surface area (Å²) >= 11 is 12.3. The molecule has 0 saturated carbocycles. The van der Waals surface area contributed by atoms with Crippen molar-refractivity contribution in [2.24, 2.45) is 0 Å². The van der Waals surface area contributed by atoms with Gasteiger partial charge in [-0.15, -0.1) is 11.3 Å². The van der Waals surface area contributed by atoms with Gasteiger partial charge in [0, 0.05) is 11.6 Å². The molecule has 6 nitrogen and oxygen atoms in total. The molecule has 0 bridgehead atoms. The molecule has 0 saturated heterocycles. The van der Waals surface area contributed by atoms with E-state index >= 15 is 0 Å². The number of thiocarbonyl (C=S) groups is 1. The molecule has 150 valence electrons. The molecule has 1 aromatic heterocycles. The first-order valence-corrected chi connectivity index (χ1v) is 10.2. The van der Waals surface area contributed by atoms with Crippen molar-refractivity contribution in [1.29, 1.82) is 0 Å². The highest BCUT2D eigenvalue weighted by molar-refractivity contribution is 7.80. The number of hydrogen-bond donors (Lipinski definition) is 2. The predicted octanol–water partition coefficient (Wildman–Crippen LogP) is 4.55. The molecule has 0 aliphatic rings. The minimum atomic E-state index is -0.519. The predicted molar refractivity (Wildman–Crippen MR) is 115 cm³/mol. The summed E-state index contributed by atoms with van der Waals surface area (Å²) in [6.45, 7) is 6.08. The number of carbonyl (C=O) groups is 2. The number of rotatable bonds is 7. The van der Waals surface area contributed by atoms with Gasteiger partial charge in [0.15, 0.2) is 5.11 Å². The van der Waals surface area contributed by atoms with E-state index in [-0.39, 0.29) is 18.8 Å². The SMILES string of the molecule is CCOC(=O)c1sc(NC(=S)NCc2ccc(Cl)cc2)c(C(=O)OCC)c1C. The number of nitrogens with one attached hydrogen (secondary N) is 2. The number of thiophene rings is 1. The Morgan fingerprint density at radius 1 is 1.11 bits per heavy atom. The third kappa shape index (κ3) is 5.67. The van der Waals surface area contributed by atoms with Crippen LogP contribution in [0.1, 0.15) is 45.0 Å². The number of carbonyl (C=O) groups excluding carboxylic acids is 2. The van der Waals surface area contributed by atoms with Crippen molar-refractivity contribution in [2.75, 3.05) is 18.5 Å². The van der Waals surface area contributed by atoms with Crippen molar-refractivity contribution in [2.45, 2.75) is 27.3 Å². The van der Waals surface area contributed by atoms with Crippen LogP contribution < -0.4 is 10.6 Å². The lowest BCUT2D eigenvalue weighted by atomic mass is 10.1. The molecule has 0 spiro atoms. The molecule has 0 atom stereocenters. The lowest BCUT2D eigenvalue weighted by Crippen LogP contribution is -2.28. The quantitative estimate of drug-likeness (QED) is 0.483. The van der Waals surface area contributed by atoms with Crippen molar-refractivity contribution in [3.05, 3.63) is 50.9 Å². The van der Waals surface area contributed by atoms with E-state index in [1.165, 1.54) is 0 Å². The Hall–Kier alpha value is -2.16. The number of hydrogen-bond acceptors (Lipinski definition) is 6. The summed E-state index contributed by atoms with van der Waals surface area (Å²) in [7, 11) is 0. The summed E-state index contributed by atoms with van der Waals surface area (Å²) in [6.07, 6.45) is 0. The highest BCUT2D eigenvalue weighted by Gasteiger charge is 2.26. The molecule has 0 unspecified atom stereocenters. The highest BCUT2D eigenvalue weighted by Crippen LogP contribution is 2.34. The second-order valence-electron chi connectivity index (χ2n) is 5.64.